The van der Waals surface area contributed by atoms with Crippen LogP contribution in [0.25, 0.3) is 0 Å². The molecular weight excluding hydrogens is 259 g/mol. The van der Waals surface area contributed by atoms with E-state index in [4.69, 9.17) is 9.79 Å². The van der Waals surface area contributed by atoms with Gasteiger partial charge in [0.05, 0.1) is 4.92 Å². The summed E-state index contributed by atoms with van der Waals surface area (Å²) in [4.78, 5) is 26.4. The summed E-state index contributed by atoms with van der Waals surface area (Å²) in [5, 5.41) is 10.2. The summed E-state index contributed by atoms with van der Waals surface area (Å²) in [5.74, 6) is -0.121. The van der Waals surface area contributed by atoms with Crippen molar-refractivity contribution in [3.05, 3.63) is 34.4 Å². The van der Waals surface area contributed by atoms with Gasteiger partial charge in [-0.05, 0) is 12.1 Å². The fraction of sp³-hybridized carbons (Fsp3) is 0. The molecule has 1 aromatic rings. The van der Waals surface area contributed by atoms with Crippen molar-refractivity contribution in [2.24, 2.45) is 0 Å². The van der Waals surface area contributed by atoms with Crippen molar-refractivity contribution in [3.63, 3.8) is 0 Å². The zero-order valence-electron chi connectivity index (χ0n) is 8.73. The second-order valence-corrected chi connectivity index (χ2v) is 3.50. The molecule has 0 heterocycles. The van der Waals surface area contributed by atoms with Crippen LogP contribution in [0.5, 0.6) is 5.75 Å². The standard InChI is InChI=1S/C6H6NO6P.2Na/c8-7(9)5-1-3-6(4-2-5)13-14(10,11)12;;/h1-4H,(H2,10,11,12);;. The quantitative estimate of drug-likeness (QED) is 0.352. The van der Waals surface area contributed by atoms with Gasteiger partial charge in [-0.2, -0.15) is 0 Å². The van der Waals surface area contributed by atoms with E-state index in [0.29, 0.717) is 0 Å². The minimum Gasteiger partial charge on any atom is -0.404 e. The third-order valence-corrected chi connectivity index (χ3v) is 1.72. The van der Waals surface area contributed by atoms with Gasteiger partial charge in [0.2, 0.25) is 0 Å². The minimum absolute atomic E-state index is 0. The molecule has 0 saturated heterocycles. The fourth-order valence-corrected chi connectivity index (χ4v) is 1.16. The smallest absolute Gasteiger partial charge is 0.404 e. The van der Waals surface area contributed by atoms with Crippen molar-refractivity contribution in [1.82, 2.24) is 0 Å². The summed E-state index contributed by atoms with van der Waals surface area (Å²) < 4.78 is 14.5. The number of rotatable bonds is 3. The zero-order chi connectivity index (χ0) is 10.8. The molecule has 0 fully saturated rings. The number of hydrogen-bond acceptors (Lipinski definition) is 4. The fourth-order valence-electron chi connectivity index (χ4n) is 0.766. The van der Waals surface area contributed by atoms with E-state index in [1.807, 2.05) is 0 Å². The summed E-state index contributed by atoms with van der Waals surface area (Å²) >= 11 is 0. The van der Waals surface area contributed by atoms with E-state index < -0.39 is 12.7 Å². The first kappa shape index (κ1) is 18.9. The maximum Gasteiger partial charge on any atom is 0.524 e. The maximum absolute atomic E-state index is 10.4. The number of phosphoric acid groups is 1. The van der Waals surface area contributed by atoms with E-state index in [-0.39, 0.29) is 70.6 Å². The summed E-state index contributed by atoms with van der Waals surface area (Å²) in [6.07, 6.45) is 0. The summed E-state index contributed by atoms with van der Waals surface area (Å²) in [6, 6.07) is 4.39. The molecule has 1 rings (SSSR count). The van der Waals surface area contributed by atoms with Crippen LogP contribution in [0.4, 0.5) is 5.69 Å². The van der Waals surface area contributed by atoms with Crippen molar-refractivity contribution >= 4 is 72.6 Å². The van der Waals surface area contributed by atoms with Crippen LogP contribution in [0.3, 0.4) is 0 Å². The Labute approximate surface area is 135 Å². The molecule has 2 radical (unpaired) electrons. The largest absolute Gasteiger partial charge is 0.524 e. The van der Waals surface area contributed by atoms with Crippen molar-refractivity contribution < 1.29 is 23.8 Å². The first-order chi connectivity index (χ1) is 6.38. The minimum atomic E-state index is -4.60. The van der Waals surface area contributed by atoms with Crippen molar-refractivity contribution in [2.45, 2.75) is 0 Å². The van der Waals surface area contributed by atoms with E-state index in [0.717, 1.165) is 24.3 Å². The van der Waals surface area contributed by atoms with E-state index in [1.165, 1.54) is 0 Å². The van der Waals surface area contributed by atoms with Crippen LogP contribution in [0.2, 0.25) is 0 Å². The first-order valence-electron chi connectivity index (χ1n) is 3.38. The zero-order valence-corrected chi connectivity index (χ0v) is 13.6. The molecule has 0 unspecified atom stereocenters. The van der Waals surface area contributed by atoms with Gasteiger partial charge in [0.15, 0.2) is 0 Å². The average molecular weight is 265 g/mol. The molecule has 0 amide bonds. The average Bonchev–Trinajstić information content (AvgIpc) is 2.02. The Balaban J connectivity index is 0. The normalized spacial score (nSPS) is 9.62. The molecule has 0 aliphatic rings. The molecule has 0 spiro atoms. The molecule has 0 saturated carbocycles. The molecule has 1 aromatic carbocycles. The van der Waals surface area contributed by atoms with Gasteiger partial charge < -0.3 is 4.52 Å². The van der Waals surface area contributed by atoms with Gasteiger partial charge in [-0.15, -0.1) is 0 Å². The Hall–Kier alpha value is 0.570. The molecule has 0 aliphatic heterocycles. The third kappa shape index (κ3) is 7.01. The molecule has 10 heteroatoms. The van der Waals surface area contributed by atoms with E-state index in [1.54, 1.807) is 0 Å². The number of hydrogen-bond donors (Lipinski definition) is 2. The van der Waals surface area contributed by atoms with Crippen LogP contribution in [-0.2, 0) is 4.57 Å². The van der Waals surface area contributed by atoms with Crippen LogP contribution >= 0.6 is 7.82 Å². The van der Waals surface area contributed by atoms with Gasteiger partial charge in [0, 0.05) is 71.2 Å². The van der Waals surface area contributed by atoms with Gasteiger partial charge in [-0.25, -0.2) is 4.57 Å². The van der Waals surface area contributed by atoms with Crippen LogP contribution < -0.4 is 4.52 Å². The molecule has 2 N–H and O–H groups in total. The molecule has 16 heavy (non-hydrogen) atoms. The van der Waals surface area contributed by atoms with Crippen LogP contribution in [-0.4, -0.2) is 73.8 Å². The summed E-state index contributed by atoms with van der Waals surface area (Å²) in [7, 11) is -4.60. The van der Waals surface area contributed by atoms with Gasteiger partial charge in [-0.3, -0.25) is 19.9 Å². The number of nitro groups is 1. The SMILES string of the molecule is O=[N+]([O-])c1ccc(OP(=O)(O)O)cc1.[Na].[Na]. The van der Waals surface area contributed by atoms with Crippen molar-refractivity contribution in [1.29, 1.82) is 0 Å². The number of phosphoric ester groups is 1. The van der Waals surface area contributed by atoms with Crippen LogP contribution in [0.1, 0.15) is 0 Å². The molecule has 0 bridgehead atoms. The Kier molecular flexibility index (Phi) is 9.24. The molecule has 7 nitrogen and oxygen atoms in total. The van der Waals surface area contributed by atoms with Gasteiger partial charge in [-0.1, -0.05) is 0 Å². The molecular formula is C6H6NNa2O6P. The van der Waals surface area contributed by atoms with Gasteiger partial charge in [0.25, 0.3) is 5.69 Å². The monoisotopic (exact) mass is 265 g/mol. The van der Waals surface area contributed by atoms with E-state index >= 15 is 0 Å². The number of nitrogens with zero attached hydrogens (tertiary/aromatic N) is 1. The summed E-state index contributed by atoms with van der Waals surface area (Å²) in [6.45, 7) is 0. The maximum atomic E-state index is 10.4. The predicted octanol–water partition coefficient (Wildman–Crippen LogP) is 0.305. The van der Waals surface area contributed by atoms with Crippen molar-refractivity contribution in [2.75, 3.05) is 0 Å². The number of nitro benzene ring substituents is 1. The van der Waals surface area contributed by atoms with Gasteiger partial charge in [0.1, 0.15) is 5.75 Å². The van der Waals surface area contributed by atoms with E-state index in [2.05, 4.69) is 4.52 Å². The number of non-ortho nitro benzene ring substituents is 1. The Bertz CT molecular complexity index is 391. The Morgan fingerprint density at radius 2 is 1.62 bits per heavy atom. The first-order valence-corrected chi connectivity index (χ1v) is 4.91. The molecule has 78 valence electrons. The molecule has 0 aliphatic carbocycles. The van der Waals surface area contributed by atoms with E-state index in [9.17, 15) is 14.7 Å². The second kappa shape index (κ2) is 7.81. The van der Waals surface area contributed by atoms with Crippen LogP contribution in [0.15, 0.2) is 24.3 Å². The third-order valence-electron chi connectivity index (χ3n) is 1.27. The van der Waals surface area contributed by atoms with Crippen LogP contribution in [0, 0.1) is 10.1 Å². The molecule has 0 aromatic heterocycles. The Morgan fingerprint density at radius 3 is 1.94 bits per heavy atom. The topological polar surface area (TPSA) is 110 Å². The van der Waals surface area contributed by atoms with Crippen molar-refractivity contribution in [3.8, 4) is 5.75 Å². The number of benzene rings is 1. The molecule has 0 atom stereocenters. The second-order valence-electron chi connectivity index (χ2n) is 2.33. The summed E-state index contributed by atoms with van der Waals surface area (Å²) in [5.41, 5.74) is -0.178. The predicted molar refractivity (Wildman–Crippen MR) is 57.3 cm³/mol. The Morgan fingerprint density at radius 1 is 1.19 bits per heavy atom. The van der Waals surface area contributed by atoms with Gasteiger partial charge >= 0.3 is 7.82 Å².